The number of phenols is 3. The Balaban J connectivity index is -0.000000282. The minimum atomic E-state index is 0. The number of hydrogen-bond acceptors (Lipinski definition) is 3. The van der Waals surface area contributed by atoms with E-state index < -0.39 is 0 Å². The molecule has 0 aliphatic heterocycles. The SMILES string of the molecule is C.C.C.C.CC(C)(C)c1ccc(O)cc1.Cc1cc(C(C)(C)C)cc(C)c1O.Cc1cc(C(C)(C)C)ccc1O.Cc1cccc(C(C)(C)C)c1. The predicted octanol–water partition coefficient (Wildman–Crippen LogP) is 14.8. The maximum atomic E-state index is 9.60. The summed E-state index contributed by atoms with van der Waals surface area (Å²) < 4.78 is 0. The van der Waals surface area contributed by atoms with E-state index in [-0.39, 0.29) is 51.4 Å². The summed E-state index contributed by atoms with van der Waals surface area (Å²) in [6, 6.07) is 25.9. The van der Waals surface area contributed by atoms with Gasteiger partial charge in [0.25, 0.3) is 0 Å². The van der Waals surface area contributed by atoms with Crippen LogP contribution < -0.4 is 0 Å². The Bertz CT molecular complexity index is 1530. The maximum absolute atomic E-state index is 9.60. The van der Waals surface area contributed by atoms with Crippen LogP contribution in [-0.4, -0.2) is 15.3 Å². The molecule has 3 nitrogen and oxygen atoms in total. The second kappa shape index (κ2) is 21.6. The molecule has 0 atom stereocenters. The quantitative estimate of drug-likeness (QED) is 0.171. The van der Waals surface area contributed by atoms with Crippen LogP contribution in [0, 0.1) is 27.7 Å². The van der Waals surface area contributed by atoms with Crippen molar-refractivity contribution in [2.45, 2.75) is 162 Å². The first kappa shape index (κ1) is 54.1. The molecule has 0 fully saturated rings. The lowest BCUT2D eigenvalue weighted by molar-refractivity contribution is 0.465. The average Bonchev–Trinajstić information content (AvgIpc) is 2.92. The molecule has 0 amide bonds. The highest BCUT2D eigenvalue weighted by atomic mass is 16.3. The van der Waals surface area contributed by atoms with Crippen LogP contribution in [0.2, 0.25) is 0 Å². The minimum Gasteiger partial charge on any atom is -0.508 e. The van der Waals surface area contributed by atoms with Gasteiger partial charge in [-0.3, -0.25) is 0 Å². The molecule has 0 aliphatic rings. The van der Waals surface area contributed by atoms with Crippen LogP contribution in [-0.2, 0) is 21.7 Å². The van der Waals surface area contributed by atoms with E-state index in [1.807, 2.05) is 45.0 Å². The summed E-state index contributed by atoms with van der Waals surface area (Å²) in [6.45, 7) is 34.1. The molecule has 4 aromatic carbocycles. The van der Waals surface area contributed by atoms with E-state index in [0.29, 0.717) is 17.2 Å². The van der Waals surface area contributed by atoms with E-state index >= 15 is 0 Å². The Morgan fingerprint density at radius 2 is 0.725 bits per heavy atom. The molecule has 0 heterocycles. The van der Waals surface area contributed by atoms with Crippen molar-refractivity contribution in [1.82, 2.24) is 0 Å². The average molecular weight is 705 g/mol. The first-order valence-corrected chi connectivity index (χ1v) is 16.7. The van der Waals surface area contributed by atoms with Crippen LogP contribution in [0.4, 0.5) is 0 Å². The molecule has 0 spiro atoms. The van der Waals surface area contributed by atoms with E-state index in [4.69, 9.17) is 5.11 Å². The molecule has 0 aromatic heterocycles. The predicted molar refractivity (Wildman–Crippen MR) is 231 cm³/mol. The fourth-order valence-electron chi connectivity index (χ4n) is 4.58. The van der Waals surface area contributed by atoms with Gasteiger partial charge in [-0.1, -0.05) is 179 Å². The summed E-state index contributed by atoms with van der Waals surface area (Å²) in [5, 5.41) is 27.9. The van der Waals surface area contributed by atoms with Crippen LogP contribution in [0.1, 0.15) is 157 Å². The molecule has 0 saturated carbocycles. The zero-order chi connectivity index (χ0) is 36.5. The van der Waals surface area contributed by atoms with Crippen molar-refractivity contribution in [1.29, 1.82) is 0 Å². The summed E-state index contributed by atoms with van der Waals surface area (Å²) in [5.41, 5.74) is 10.2. The molecule has 0 radical (unpaired) electrons. The molecular formula is C48H80O3. The molecule has 290 valence electrons. The van der Waals surface area contributed by atoms with Gasteiger partial charge in [-0.05, 0) is 106 Å². The molecule has 3 N–H and O–H groups in total. The Labute approximate surface area is 317 Å². The topological polar surface area (TPSA) is 60.7 Å². The smallest absolute Gasteiger partial charge is 0.121 e. The number of aryl methyl sites for hydroxylation is 4. The molecule has 0 bridgehead atoms. The van der Waals surface area contributed by atoms with Gasteiger partial charge in [0.05, 0.1) is 0 Å². The molecule has 4 rings (SSSR count). The third kappa shape index (κ3) is 18.9. The monoisotopic (exact) mass is 705 g/mol. The summed E-state index contributed by atoms with van der Waals surface area (Å²) >= 11 is 0. The van der Waals surface area contributed by atoms with Crippen LogP contribution in [0.5, 0.6) is 17.2 Å². The first-order valence-electron chi connectivity index (χ1n) is 16.7. The van der Waals surface area contributed by atoms with Gasteiger partial charge in [0, 0.05) is 0 Å². The zero-order valence-corrected chi connectivity index (χ0v) is 32.3. The van der Waals surface area contributed by atoms with E-state index in [0.717, 1.165) is 16.7 Å². The number of rotatable bonds is 0. The first-order chi connectivity index (χ1) is 21.2. The van der Waals surface area contributed by atoms with Gasteiger partial charge in [0.15, 0.2) is 0 Å². The van der Waals surface area contributed by atoms with Crippen molar-refractivity contribution in [2.24, 2.45) is 0 Å². The van der Waals surface area contributed by atoms with Gasteiger partial charge >= 0.3 is 0 Å². The number of phenolic OH excluding ortho intramolecular Hbond substituents is 3. The van der Waals surface area contributed by atoms with E-state index in [9.17, 15) is 10.2 Å². The van der Waals surface area contributed by atoms with Gasteiger partial charge in [0.2, 0.25) is 0 Å². The highest BCUT2D eigenvalue weighted by Crippen LogP contribution is 2.30. The molecular weight excluding hydrogens is 625 g/mol. The standard InChI is InChI=1S/C12H18O.C11H16O.C11H16.C10H14O.4CH4/c1-8-6-10(12(3,4)5)7-9(2)11(8)13;1-8-7-9(11(2,3)4)5-6-10(8)12;1-9-6-5-7-10(8-9)11(2,3)4;1-10(2,3)8-4-6-9(11)7-5-8;;;;/h6-7,13H,1-5H3;5-7,12H,1-4H3;5-8H,1-4H3;4-7,11H,1-3H3;4*1H4. The molecule has 0 saturated heterocycles. The lowest BCUT2D eigenvalue weighted by atomic mass is 9.85. The van der Waals surface area contributed by atoms with E-state index in [1.165, 1.54) is 27.8 Å². The van der Waals surface area contributed by atoms with Crippen molar-refractivity contribution in [3.05, 3.63) is 123 Å². The van der Waals surface area contributed by atoms with Crippen LogP contribution in [0.3, 0.4) is 0 Å². The highest BCUT2D eigenvalue weighted by molar-refractivity contribution is 5.44. The number of benzene rings is 4. The van der Waals surface area contributed by atoms with Gasteiger partial charge in [-0.2, -0.15) is 0 Å². The van der Waals surface area contributed by atoms with Crippen molar-refractivity contribution < 1.29 is 15.3 Å². The zero-order valence-electron chi connectivity index (χ0n) is 32.3. The Hall–Kier alpha value is -3.72. The van der Waals surface area contributed by atoms with Crippen LogP contribution in [0.25, 0.3) is 0 Å². The highest BCUT2D eigenvalue weighted by Gasteiger charge is 2.16. The van der Waals surface area contributed by atoms with Gasteiger partial charge in [-0.25, -0.2) is 0 Å². The number of aromatic hydroxyl groups is 3. The van der Waals surface area contributed by atoms with Crippen LogP contribution in [0.15, 0.2) is 78.9 Å². The second-order valence-electron chi connectivity index (χ2n) is 16.9. The third-order valence-corrected chi connectivity index (χ3v) is 8.04. The lowest BCUT2D eigenvalue weighted by Gasteiger charge is -2.20. The molecule has 0 unspecified atom stereocenters. The van der Waals surface area contributed by atoms with Crippen molar-refractivity contribution in [2.75, 3.05) is 0 Å². The van der Waals surface area contributed by atoms with Crippen LogP contribution >= 0.6 is 0 Å². The lowest BCUT2D eigenvalue weighted by Crippen LogP contribution is -2.11. The minimum absolute atomic E-state index is 0. The fourth-order valence-corrected chi connectivity index (χ4v) is 4.58. The summed E-state index contributed by atoms with van der Waals surface area (Å²) in [6.07, 6.45) is 0. The molecule has 3 heteroatoms. The molecule has 0 aliphatic carbocycles. The maximum Gasteiger partial charge on any atom is 0.121 e. The van der Waals surface area contributed by atoms with Gasteiger partial charge < -0.3 is 15.3 Å². The second-order valence-corrected chi connectivity index (χ2v) is 16.9. The summed E-state index contributed by atoms with van der Waals surface area (Å²) in [4.78, 5) is 0. The molecule has 51 heavy (non-hydrogen) atoms. The Morgan fingerprint density at radius 1 is 0.373 bits per heavy atom. The Morgan fingerprint density at radius 3 is 1.06 bits per heavy atom. The van der Waals surface area contributed by atoms with Crippen molar-refractivity contribution in [3.8, 4) is 17.2 Å². The summed E-state index contributed by atoms with van der Waals surface area (Å²) in [7, 11) is 0. The van der Waals surface area contributed by atoms with Crippen molar-refractivity contribution >= 4 is 0 Å². The molecule has 4 aromatic rings. The van der Waals surface area contributed by atoms with E-state index in [1.54, 1.807) is 18.2 Å². The van der Waals surface area contributed by atoms with Gasteiger partial charge in [-0.15, -0.1) is 0 Å². The number of hydrogen-bond donors (Lipinski definition) is 3. The van der Waals surface area contributed by atoms with E-state index in [2.05, 4.69) is 126 Å². The van der Waals surface area contributed by atoms with Gasteiger partial charge in [0.1, 0.15) is 17.2 Å². The fraction of sp³-hybridized carbons (Fsp3) is 0.500. The third-order valence-electron chi connectivity index (χ3n) is 8.04. The Kier molecular flexibility index (Phi) is 22.9. The van der Waals surface area contributed by atoms with Crippen molar-refractivity contribution in [3.63, 3.8) is 0 Å². The summed E-state index contributed by atoms with van der Waals surface area (Å²) in [5.74, 6) is 1.13. The normalized spacial score (nSPS) is 10.7. The largest absolute Gasteiger partial charge is 0.508 e.